The number of nitrogens with one attached hydrogen (secondary N) is 1. The maximum Gasteiger partial charge on any atom is 0.258 e. The van der Waals surface area contributed by atoms with Crippen molar-refractivity contribution in [2.45, 2.75) is 13.0 Å². The van der Waals surface area contributed by atoms with Crippen molar-refractivity contribution >= 4 is 5.91 Å². The Balaban J connectivity index is 1.56. The van der Waals surface area contributed by atoms with Gasteiger partial charge in [0.15, 0.2) is 29.7 Å². The van der Waals surface area contributed by atoms with Crippen molar-refractivity contribution in [3.63, 3.8) is 0 Å². The van der Waals surface area contributed by atoms with Crippen LogP contribution in [-0.2, 0) is 4.79 Å². The van der Waals surface area contributed by atoms with Gasteiger partial charge in [-0.15, -0.1) is 0 Å². The summed E-state index contributed by atoms with van der Waals surface area (Å²) in [6.07, 6.45) is 0. The summed E-state index contributed by atoms with van der Waals surface area (Å²) < 4.78 is 42.1. The first-order valence-corrected chi connectivity index (χ1v) is 7.79. The normalized spacial score (nSPS) is 13.9. The van der Waals surface area contributed by atoms with E-state index in [4.69, 9.17) is 14.2 Å². The molecule has 2 aromatic carbocycles. The van der Waals surface area contributed by atoms with Crippen molar-refractivity contribution in [3.05, 3.63) is 53.6 Å². The zero-order valence-corrected chi connectivity index (χ0v) is 13.6. The van der Waals surface area contributed by atoms with Crippen LogP contribution in [0.2, 0.25) is 0 Å². The Kier molecular flexibility index (Phi) is 5.02. The second-order valence-corrected chi connectivity index (χ2v) is 5.56. The molecule has 0 fully saturated rings. The highest BCUT2D eigenvalue weighted by atomic mass is 19.2. The summed E-state index contributed by atoms with van der Waals surface area (Å²) in [5.74, 6) is -0.974. The molecule has 25 heavy (non-hydrogen) atoms. The van der Waals surface area contributed by atoms with Gasteiger partial charge in [-0.25, -0.2) is 8.78 Å². The Hall–Kier alpha value is -2.83. The molecular formula is C18H17F2NO4. The minimum atomic E-state index is -1.03. The number of amides is 1. The summed E-state index contributed by atoms with van der Waals surface area (Å²) in [6.45, 7) is 2.51. The third-order valence-electron chi connectivity index (χ3n) is 3.70. The van der Waals surface area contributed by atoms with E-state index in [9.17, 15) is 13.6 Å². The van der Waals surface area contributed by atoms with Gasteiger partial charge in [0.25, 0.3) is 5.91 Å². The first kappa shape index (κ1) is 17.0. The monoisotopic (exact) mass is 349 g/mol. The number of halogens is 2. The minimum absolute atomic E-state index is 0.0843. The van der Waals surface area contributed by atoms with Crippen molar-refractivity contribution in [2.75, 3.05) is 19.8 Å². The standard InChI is InChI=1S/C18H17F2NO4/c1-11(12-2-5-16-17(8-12)24-7-6-23-16)21-18(22)10-25-13-3-4-14(19)15(20)9-13/h2-5,8-9,11H,6-7,10H2,1H3,(H,21,22). The molecular weight excluding hydrogens is 332 g/mol. The Labute approximate surface area is 143 Å². The van der Waals surface area contributed by atoms with Gasteiger partial charge in [0.2, 0.25) is 0 Å². The average Bonchev–Trinajstić information content (AvgIpc) is 2.62. The Morgan fingerprint density at radius 3 is 2.64 bits per heavy atom. The maximum absolute atomic E-state index is 13.1. The molecule has 1 amide bonds. The SMILES string of the molecule is CC(NC(=O)COc1ccc(F)c(F)c1)c1ccc2c(c1)OCCO2. The van der Waals surface area contributed by atoms with E-state index in [2.05, 4.69) is 5.32 Å². The number of carbonyl (C=O) groups is 1. The molecule has 1 heterocycles. The summed E-state index contributed by atoms with van der Waals surface area (Å²) in [5, 5.41) is 2.77. The maximum atomic E-state index is 13.1. The third kappa shape index (κ3) is 4.17. The fourth-order valence-corrected chi connectivity index (χ4v) is 2.41. The molecule has 0 aromatic heterocycles. The molecule has 0 aliphatic carbocycles. The van der Waals surface area contributed by atoms with E-state index in [0.29, 0.717) is 24.7 Å². The van der Waals surface area contributed by atoms with Crippen molar-refractivity contribution in [3.8, 4) is 17.2 Å². The van der Waals surface area contributed by atoms with Gasteiger partial charge >= 0.3 is 0 Å². The number of rotatable bonds is 5. The van der Waals surface area contributed by atoms with E-state index in [-0.39, 0.29) is 24.3 Å². The molecule has 0 saturated carbocycles. The number of hydrogen-bond acceptors (Lipinski definition) is 4. The number of benzene rings is 2. The van der Waals surface area contributed by atoms with Gasteiger partial charge in [-0.1, -0.05) is 6.07 Å². The van der Waals surface area contributed by atoms with Crippen LogP contribution in [0.1, 0.15) is 18.5 Å². The Morgan fingerprint density at radius 2 is 1.88 bits per heavy atom. The van der Waals surface area contributed by atoms with Gasteiger partial charge in [0.05, 0.1) is 6.04 Å². The highest BCUT2D eigenvalue weighted by molar-refractivity contribution is 5.78. The second-order valence-electron chi connectivity index (χ2n) is 5.56. The first-order chi connectivity index (χ1) is 12.0. The number of fused-ring (bicyclic) bond motifs is 1. The van der Waals surface area contributed by atoms with Crippen molar-refractivity contribution in [1.29, 1.82) is 0 Å². The van der Waals surface area contributed by atoms with Crippen LogP contribution >= 0.6 is 0 Å². The van der Waals surface area contributed by atoms with E-state index in [1.54, 1.807) is 6.07 Å². The van der Waals surface area contributed by atoms with Crippen molar-refractivity contribution in [1.82, 2.24) is 5.32 Å². The Bertz CT molecular complexity index is 782. The third-order valence-corrected chi connectivity index (χ3v) is 3.70. The first-order valence-electron chi connectivity index (χ1n) is 7.79. The molecule has 0 radical (unpaired) electrons. The zero-order valence-electron chi connectivity index (χ0n) is 13.6. The lowest BCUT2D eigenvalue weighted by atomic mass is 10.1. The van der Waals surface area contributed by atoms with Crippen LogP contribution in [0.5, 0.6) is 17.2 Å². The van der Waals surface area contributed by atoms with Gasteiger partial charge < -0.3 is 19.5 Å². The molecule has 0 spiro atoms. The average molecular weight is 349 g/mol. The molecule has 1 N–H and O–H groups in total. The van der Waals surface area contributed by atoms with Crippen molar-refractivity contribution in [2.24, 2.45) is 0 Å². The highest BCUT2D eigenvalue weighted by Crippen LogP contribution is 2.32. The summed E-state index contributed by atoms with van der Waals surface area (Å²) in [4.78, 5) is 12.0. The summed E-state index contributed by atoms with van der Waals surface area (Å²) in [5.41, 5.74) is 0.852. The molecule has 0 saturated heterocycles. The smallest absolute Gasteiger partial charge is 0.258 e. The molecule has 1 aliphatic heterocycles. The van der Waals surface area contributed by atoms with E-state index < -0.39 is 11.6 Å². The molecule has 1 unspecified atom stereocenters. The van der Waals surface area contributed by atoms with E-state index >= 15 is 0 Å². The van der Waals surface area contributed by atoms with Crippen LogP contribution in [0.15, 0.2) is 36.4 Å². The molecule has 1 aliphatic rings. The van der Waals surface area contributed by atoms with Crippen LogP contribution in [0.25, 0.3) is 0 Å². The molecule has 132 valence electrons. The lowest BCUT2D eigenvalue weighted by Gasteiger charge is -2.21. The van der Waals surface area contributed by atoms with E-state index in [1.165, 1.54) is 6.07 Å². The summed E-state index contributed by atoms with van der Waals surface area (Å²) in [7, 11) is 0. The van der Waals surface area contributed by atoms with Gasteiger partial charge in [0, 0.05) is 6.07 Å². The van der Waals surface area contributed by atoms with Gasteiger partial charge in [-0.05, 0) is 36.8 Å². The van der Waals surface area contributed by atoms with Crippen LogP contribution in [-0.4, -0.2) is 25.7 Å². The van der Waals surface area contributed by atoms with Crippen LogP contribution in [0.3, 0.4) is 0 Å². The lowest BCUT2D eigenvalue weighted by Crippen LogP contribution is -2.31. The molecule has 0 bridgehead atoms. The topological polar surface area (TPSA) is 56.8 Å². The molecule has 1 atom stereocenters. The lowest BCUT2D eigenvalue weighted by molar-refractivity contribution is -0.123. The summed E-state index contributed by atoms with van der Waals surface area (Å²) in [6, 6.07) is 8.27. The van der Waals surface area contributed by atoms with E-state index in [1.807, 2.05) is 19.1 Å². The van der Waals surface area contributed by atoms with Gasteiger partial charge in [0.1, 0.15) is 19.0 Å². The molecule has 7 heteroatoms. The van der Waals surface area contributed by atoms with Gasteiger partial charge in [-0.3, -0.25) is 4.79 Å². The zero-order chi connectivity index (χ0) is 17.8. The number of ether oxygens (including phenoxy) is 3. The molecule has 3 rings (SSSR count). The highest BCUT2D eigenvalue weighted by Gasteiger charge is 2.16. The minimum Gasteiger partial charge on any atom is -0.486 e. The van der Waals surface area contributed by atoms with E-state index in [0.717, 1.165) is 17.7 Å². The van der Waals surface area contributed by atoms with Crippen molar-refractivity contribution < 1.29 is 27.8 Å². The van der Waals surface area contributed by atoms with Crippen LogP contribution in [0.4, 0.5) is 8.78 Å². The number of hydrogen-bond donors (Lipinski definition) is 1. The number of carbonyl (C=O) groups excluding carboxylic acids is 1. The largest absolute Gasteiger partial charge is 0.486 e. The van der Waals surface area contributed by atoms with Crippen LogP contribution < -0.4 is 19.5 Å². The fraction of sp³-hybridized carbons (Fsp3) is 0.278. The fourth-order valence-electron chi connectivity index (χ4n) is 2.41. The Morgan fingerprint density at radius 1 is 1.12 bits per heavy atom. The van der Waals surface area contributed by atoms with Gasteiger partial charge in [-0.2, -0.15) is 0 Å². The molecule has 5 nitrogen and oxygen atoms in total. The quantitative estimate of drug-likeness (QED) is 0.902. The predicted molar refractivity (Wildman–Crippen MR) is 85.8 cm³/mol. The summed E-state index contributed by atoms with van der Waals surface area (Å²) >= 11 is 0. The molecule has 2 aromatic rings. The van der Waals surface area contributed by atoms with Crippen LogP contribution in [0, 0.1) is 11.6 Å². The second kappa shape index (κ2) is 7.38. The predicted octanol–water partition coefficient (Wildman–Crippen LogP) is 2.99.